The molecule has 8 nitrogen and oxygen atoms in total. The Labute approximate surface area is 155 Å². The highest BCUT2D eigenvalue weighted by Crippen LogP contribution is 2.38. The number of aryl methyl sites for hydroxylation is 2. The average Bonchev–Trinajstić information content (AvgIpc) is 3.35. The molecule has 0 N–H and O–H groups in total. The molecular weight excluding hydrogens is 375 g/mol. The standard InChI is InChI=1S/C17H17FN4O4S/c1-11-14(12(2)25-20-11)27(23,24)22-9-8-17(18,10-22)16-19-15(26-21-16)13-6-4-3-5-7-13/h3-7H,8-10H2,1-2H3. The molecule has 1 unspecified atom stereocenters. The zero-order valence-electron chi connectivity index (χ0n) is 14.7. The lowest BCUT2D eigenvalue weighted by Crippen LogP contribution is -2.33. The second-order valence-electron chi connectivity index (χ2n) is 6.50. The largest absolute Gasteiger partial charge is 0.360 e. The summed E-state index contributed by atoms with van der Waals surface area (Å²) >= 11 is 0. The smallest absolute Gasteiger partial charge is 0.258 e. The van der Waals surface area contributed by atoms with E-state index in [4.69, 9.17) is 9.05 Å². The van der Waals surface area contributed by atoms with Crippen LogP contribution < -0.4 is 0 Å². The van der Waals surface area contributed by atoms with Crippen molar-refractivity contribution in [3.05, 3.63) is 47.6 Å². The van der Waals surface area contributed by atoms with Gasteiger partial charge in [-0.15, -0.1) is 0 Å². The van der Waals surface area contributed by atoms with Crippen molar-refractivity contribution in [3.8, 4) is 11.5 Å². The molecule has 27 heavy (non-hydrogen) atoms. The van der Waals surface area contributed by atoms with Gasteiger partial charge in [0.25, 0.3) is 5.89 Å². The van der Waals surface area contributed by atoms with E-state index in [9.17, 15) is 8.42 Å². The molecule has 1 atom stereocenters. The number of nitrogens with zero attached hydrogens (tertiary/aromatic N) is 4. The number of benzene rings is 1. The van der Waals surface area contributed by atoms with Gasteiger partial charge in [0.15, 0.2) is 11.4 Å². The van der Waals surface area contributed by atoms with E-state index in [1.165, 1.54) is 13.8 Å². The lowest BCUT2D eigenvalue weighted by Gasteiger charge is -2.18. The molecule has 0 radical (unpaired) electrons. The zero-order chi connectivity index (χ0) is 19.2. The molecule has 0 saturated carbocycles. The van der Waals surface area contributed by atoms with Crippen molar-refractivity contribution in [2.75, 3.05) is 13.1 Å². The molecule has 0 bridgehead atoms. The van der Waals surface area contributed by atoms with E-state index in [-0.39, 0.29) is 41.0 Å². The van der Waals surface area contributed by atoms with Crippen LogP contribution in [-0.4, -0.2) is 41.1 Å². The Bertz CT molecular complexity index is 1060. The number of hydrogen-bond acceptors (Lipinski definition) is 7. The van der Waals surface area contributed by atoms with Gasteiger partial charge in [-0.05, 0) is 26.0 Å². The van der Waals surface area contributed by atoms with Gasteiger partial charge in [-0.2, -0.15) is 9.29 Å². The summed E-state index contributed by atoms with van der Waals surface area (Å²) in [5.41, 5.74) is -1.12. The number of halogens is 1. The van der Waals surface area contributed by atoms with Gasteiger partial charge in [0.1, 0.15) is 10.6 Å². The Morgan fingerprint density at radius 2 is 1.89 bits per heavy atom. The van der Waals surface area contributed by atoms with E-state index < -0.39 is 22.2 Å². The Hall–Kier alpha value is -2.59. The minimum absolute atomic E-state index is 0.00188. The fraction of sp³-hybridized carbons (Fsp3) is 0.353. The Balaban J connectivity index is 1.61. The molecule has 0 amide bonds. The van der Waals surface area contributed by atoms with E-state index in [1.54, 1.807) is 24.3 Å². The van der Waals surface area contributed by atoms with Gasteiger partial charge in [0.05, 0.1) is 6.54 Å². The molecule has 0 aliphatic carbocycles. The number of rotatable bonds is 4. The van der Waals surface area contributed by atoms with E-state index >= 15 is 4.39 Å². The first-order chi connectivity index (χ1) is 12.8. The number of alkyl halides is 1. The van der Waals surface area contributed by atoms with Crippen LogP contribution in [0.2, 0.25) is 0 Å². The summed E-state index contributed by atoms with van der Waals surface area (Å²) < 4.78 is 52.4. The molecule has 1 aliphatic rings. The summed E-state index contributed by atoms with van der Waals surface area (Å²) in [6.45, 7) is 2.65. The summed E-state index contributed by atoms with van der Waals surface area (Å²) in [5.74, 6) is 0.210. The van der Waals surface area contributed by atoms with Gasteiger partial charge in [-0.3, -0.25) is 0 Å². The van der Waals surface area contributed by atoms with Crippen molar-refractivity contribution in [3.63, 3.8) is 0 Å². The van der Waals surface area contributed by atoms with E-state index in [0.29, 0.717) is 5.56 Å². The van der Waals surface area contributed by atoms with Crippen LogP contribution in [0.15, 0.2) is 44.3 Å². The van der Waals surface area contributed by atoms with Crippen molar-refractivity contribution >= 4 is 10.0 Å². The Morgan fingerprint density at radius 1 is 1.15 bits per heavy atom. The van der Waals surface area contributed by atoms with Crippen LogP contribution in [-0.2, 0) is 15.7 Å². The molecule has 10 heteroatoms. The third kappa shape index (κ3) is 2.94. The lowest BCUT2D eigenvalue weighted by atomic mass is 10.1. The summed E-state index contributed by atoms with van der Waals surface area (Å²) in [6.07, 6.45) is -0.0661. The molecule has 1 fully saturated rings. The van der Waals surface area contributed by atoms with Crippen molar-refractivity contribution in [2.24, 2.45) is 0 Å². The zero-order valence-corrected chi connectivity index (χ0v) is 15.5. The minimum atomic E-state index is -3.93. The van der Waals surface area contributed by atoms with Crippen LogP contribution in [0.25, 0.3) is 11.5 Å². The maximum absolute atomic E-state index is 15.5. The van der Waals surface area contributed by atoms with Gasteiger partial charge < -0.3 is 9.05 Å². The monoisotopic (exact) mass is 392 g/mol. The molecular formula is C17H17FN4O4S. The SMILES string of the molecule is Cc1noc(C)c1S(=O)(=O)N1CCC(F)(c2noc(-c3ccccc3)n2)C1. The highest BCUT2D eigenvalue weighted by atomic mass is 32.2. The van der Waals surface area contributed by atoms with Crippen LogP contribution in [0.4, 0.5) is 4.39 Å². The van der Waals surface area contributed by atoms with Crippen LogP contribution in [0.3, 0.4) is 0 Å². The van der Waals surface area contributed by atoms with Crippen LogP contribution >= 0.6 is 0 Å². The summed E-state index contributed by atoms with van der Waals surface area (Å²) in [7, 11) is -3.93. The van der Waals surface area contributed by atoms with Gasteiger partial charge in [0.2, 0.25) is 15.8 Å². The van der Waals surface area contributed by atoms with Crippen molar-refractivity contribution < 1.29 is 21.9 Å². The van der Waals surface area contributed by atoms with Gasteiger partial charge in [0, 0.05) is 18.5 Å². The van der Waals surface area contributed by atoms with E-state index in [2.05, 4.69) is 15.3 Å². The topological polar surface area (TPSA) is 102 Å². The normalized spacial score (nSPS) is 21.0. The number of sulfonamides is 1. The maximum Gasteiger partial charge on any atom is 0.258 e. The minimum Gasteiger partial charge on any atom is -0.360 e. The number of aromatic nitrogens is 3. The maximum atomic E-state index is 15.5. The molecule has 2 aromatic heterocycles. The molecule has 0 spiro atoms. The Morgan fingerprint density at radius 3 is 2.56 bits per heavy atom. The fourth-order valence-corrected chi connectivity index (χ4v) is 4.98. The van der Waals surface area contributed by atoms with Crippen molar-refractivity contribution in [1.29, 1.82) is 0 Å². The Kier molecular flexibility index (Phi) is 4.11. The molecule has 1 aromatic carbocycles. The third-order valence-electron chi connectivity index (χ3n) is 4.60. The highest BCUT2D eigenvalue weighted by molar-refractivity contribution is 7.89. The lowest BCUT2D eigenvalue weighted by molar-refractivity contribution is 0.164. The highest BCUT2D eigenvalue weighted by Gasteiger charge is 2.49. The van der Waals surface area contributed by atoms with Crippen LogP contribution in [0, 0.1) is 13.8 Å². The number of hydrogen-bond donors (Lipinski definition) is 0. The fourth-order valence-electron chi connectivity index (χ4n) is 3.20. The summed E-state index contributed by atoms with van der Waals surface area (Å²) in [6, 6.07) is 8.98. The van der Waals surface area contributed by atoms with Gasteiger partial charge >= 0.3 is 0 Å². The van der Waals surface area contributed by atoms with Crippen LogP contribution in [0.1, 0.15) is 23.7 Å². The second kappa shape index (κ2) is 6.24. The first-order valence-corrected chi connectivity index (χ1v) is 9.77. The molecule has 142 valence electrons. The predicted octanol–water partition coefficient (Wildman–Crippen LogP) is 2.60. The molecule has 3 aromatic rings. The first-order valence-electron chi connectivity index (χ1n) is 8.33. The van der Waals surface area contributed by atoms with E-state index in [0.717, 1.165) is 4.31 Å². The third-order valence-corrected chi connectivity index (χ3v) is 6.69. The quantitative estimate of drug-likeness (QED) is 0.672. The van der Waals surface area contributed by atoms with E-state index in [1.807, 2.05) is 6.07 Å². The molecule has 1 aliphatic heterocycles. The first kappa shape index (κ1) is 17.8. The van der Waals surface area contributed by atoms with Crippen molar-refractivity contribution in [2.45, 2.75) is 30.8 Å². The predicted molar refractivity (Wildman–Crippen MR) is 91.9 cm³/mol. The summed E-state index contributed by atoms with van der Waals surface area (Å²) in [4.78, 5) is 4.12. The average molecular weight is 392 g/mol. The van der Waals surface area contributed by atoms with Crippen LogP contribution in [0.5, 0.6) is 0 Å². The summed E-state index contributed by atoms with van der Waals surface area (Å²) in [5, 5.41) is 7.42. The molecule has 1 saturated heterocycles. The second-order valence-corrected chi connectivity index (χ2v) is 8.37. The van der Waals surface area contributed by atoms with Crippen molar-refractivity contribution in [1.82, 2.24) is 19.6 Å². The molecule has 4 rings (SSSR count). The van der Waals surface area contributed by atoms with Gasteiger partial charge in [-0.1, -0.05) is 28.5 Å². The van der Waals surface area contributed by atoms with Gasteiger partial charge in [-0.25, -0.2) is 12.8 Å². The molecule has 3 heterocycles.